The zero-order chi connectivity index (χ0) is 25.8. The van der Waals surface area contributed by atoms with E-state index in [1.165, 1.54) is 0 Å². The highest BCUT2D eigenvalue weighted by Crippen LogP contribution is 2.37. The van der Waals surface area contributed by atoms with Crippen LogP contribution in [0.2, 0.25) is 0 Å². The lowest BCUT2D eigenvalue weighted by molar-refractivity contribution is -0.147. The van der Waals surface area contributed by atoms with Gasteiger partial charge in [0.2, 0.25) is 11.8 Å². The van der Waals surface area contributed by atoms with Crippen LogP contribution in [0.1, 0.15) is 30.0 Å². The molecule has 3 aliphatic heterocycles. The van der Waals surface area contributed by atoms with Crippen molar-refractivity contribution in [2.45, 2.75) is 38.0 Å². The van der Waals surface area contributed by atoms with Gasteiger partial charge in [-0.2, -0.15) is 0 Å². The Morgan fingerprint density at radius 3 is 2.59 bits per heavy atom. The molecule has 196 valence electrons. The van der Waals surface area contributed by atoms with Gasteiger partial charge in [0.05, 0.1) is 19.8 Å². The average molecular weight is 508 g/mol. The summed E-state index contributed by atoms with van der Waals surface area (Å²) >= 11 is 0. The maximum atomic E-state index is 14.1. The standard InChI is InChI=1S/C28H33N3O6/c1-20-28(29-26(37-20)21-7-9-24(10-8-21)36-14-4-13-32)17-22-5-2-3-6-23(22)18-31(27(28)34)19-25(33)30-11-15-35-16-12-30/h2-3,5-10,20,32H,4,11-19H2,1H3/t20-,28-/m0/s1. The molecule has 37 heavy (non-hydrogen) atoms. The number of aliphatic imine (C=N–C) groups is 1. The van der Waals surface area contributed by atoms with Gasteiger partial charge in [-0.25, -0.2) is 4.99 Å². The second kappa shape index (κ2) is 10.9. The number of morpholine rings is 1. The largest absolute Gasteiger partial charge is 0.494 e. The minimum atomic E-state index is -1.16. The highest BCUT2D eigenvalue weighted by atomic mass is 16.5. The third-order valence-corrected chi connectivity index (χ3v) is 7.22. The summed E-state index contributed by atoms with van der Waals surface area (Å²) in [5.74, 6) is 0.808. The summed E-state index contributed by atoms with van der Waals surface area (Å²) < 4.78 is 17.2. The number of aliphatic hydroxyl groups excluding tert-OH is 1. The van der Waals surface area contributed by atoms with Crippen LogP contribution in [0.3, 0.4) is 0 Å². The molecule has 2 atom stereocenters. The molecule has 3 heterocycles. The fourth-order valence-corrected chi connectivity index (χ4v) is 5.05. The normalized spacial score (nSPS) is 23.4. The number of hydrogen-bond acceptors (Lipinski definition) is 7. The van der Waals surface area contributed by atoms with Crippen molar-refractivity contribution in [1.82, 2.24) is 9.80 Å². The molecule has 0 aromatic heterocycles. The van der Waals surface area contributed by atoms with Crippen LogP contribution in [0, 0.1) is 0 Å². The van der Waals surface area contributed by atoms with E-state index in [0.29, 0.717) is 63.9 Å². The Balaban J connectivity index is 1.43. The number of ether oxygens (including phenoxy) is 3. The van der Waals surface area contributed by atoms with E-state index in [1.54, 1.807) is 9.80 Å². The van der Waals surface area contributed by atoms with Crippen molar-refractivity contribution in [2.75, 3.05) is 46.1 Å². The third-order valence-electron chi connectivity index (χ3n) is 7.22. The number of nitrogens with zero attached hydrogens (tertiary/aromatic N) is 3. The predicted octanol–water partition coefficient (Wildman–Crippen LogP) is 1.80. The molecular formula is C28H33N3O6. The number of rotatable bonds is 7. The van der Waals surface area contributed by atoms with E-state index in [2.05, 4.69) is 0 Å². The molecule has 9 heteroatoms. The molecule has 0 aliphatic carbocycles. The molecule has 1 N–H and O–H groups in total. The van der Waals surface area contributed by atoms with Gasteiger partial charge < -0.3 is 29.1 Å². The number of aliphatic hydroxyl groups is 1. The number of benzene rings is 2. The monoisotopic (exact) mass is 507 g/mol. The van der Waals surface area contributed by atoms with Crippen LogP contribution in [-0.4, -0.2) is 90.3 Å². The van der Waals surface area contributed by atoms with E-state index in [9.17, 15) is 9.59 Å². The summed E-state index contributed by atoms with van der Waals surface area (Å²) in [6, 6.07) is 15.3. The van der Waals surface area contributed by atoms with Gasteiger partial charge in [0.25, 0.3) is 5.91 Å². The van der Waals surface area contributed by atoms with E-state index in [4.69, 9.17) is 24.3 Å². The molecule has 0 bridgehead atoms. The van der Waals surface area contributed by atoms with Crippen molar-refractivity contribution < 1.29 is 28.9 Å². The quantitative estimate of drug-likeness (QED) is 0.574. The number of carbonyl (C=O) groups is 2. The van der Waals surface area contributed by atoms with E-state index in [1.807, 2.05) is 55.5 Å². The first-order valence-corrected chi connectivity index (χ1v) is 12.8. The number of carbonyl (C=O) groups excluding carboxylic acids is 2. The molecule has 2 aromatic rings. The van der Waals surface area contributed by atoms with Crippen LogP contribution < -0.4 is 4.74 Å². The predicted molar refractivity (Wildman–Crippen MR) is 136 cm³/mol. The number of amides is 2. The molecule has 0 radical (unpaired) electrons. The fraction of sp³-hybridized carbons (Fsp3) is 0.464. The zero-order valence-electron chi connectivity index (χ0n) is 21.1. The van der Waals surface area contributed by atoms with Crippen LogP contribution in [0.4, 0.5) is 0 Å². The van der Waals surface area contributed by atoms with Crippen molar-refractivity contribution in [1.29, 1.82) is 0 Å². The summed E-state index contributed by atoms with van der Waals surface area (Å²) in [5.41, 5.74) is 1.64. The van der Waals surface area contributed by atoms with Gasteiger partial charge in [-0.1, -0.05) is 24.3 Å². The lowest BCUT2D eigenvalue weighted by atomic mass is 9.85. The summed E-state index contributed by atoms with van der Waals surface area (Å²) in [6.45, 7) is 4.81. The Bertz CT molecular complexity index is 1160. The van der Waals surface area contributed by atoms with Gasteiger partial charge in [0.1, 0.15) is 18.4 Å². The van der Waals surface area contributed by atoms with Gasteiger partial charge in [-0.3, -0.25) is 9.59 Å². The smallest absolute Gasteiger partial charge is 0.255 e. The SMILES string of the molecule is C[C@@H]1OC(c2ccc(OCCCO)cc2)=N[C@@]12Cc1ccccc1CN(CC(=O)N1CCOCC1)C2=O. The van der Waals surface area contributed by atoms with E-state index < -0.39 is 11.6 Å². The molecule has 0 saturated carbocycles. The Kier molecular flexibility index (Phi) is 7.43. The first-order valence-electron chi connectivity index (χ1n) is 12.8. The first kappa shape index (κ1) is 25.2. The Morgan fingerprint density at radius 1 is 1.14 bits per heavy atom. The minimum Gasteiger partial charge on any atom is -0.494 e. The van der Waals surface area contributed by atoms with Crippen molar-refractivity contribution >= 4 is 17.7 Å². The van der Waals surface area contributed by atoms with E-state index >= 15 is 0 Å². The van der Waals surface area contributed by atoms with E-state index in [-0.39, 0.29) is 25.0 Å². The third kappa shape index (κ3) is 5.19. The highest BCUT2D eigenvalue weighted by molar-refractivity contribution is 6.01. The fourth-order valence-electron chi connectivity index (χ4n) is 5.05. The number of hydrogen-bond donors (Lipinski definition) is 1. The molecule has 9 nitrogen and oxygen atoms in total. The maximum Gasteiger partial charge on any atom is 0.255 e. The van der Waals surface area contributed by atoms with Crippen LogP contribution in [0.15, 0.2) is 53.5 Å². The van der Waals surface area contributed by atoms with Crippen LogP contribution in [-0.2, 0) is 32.0 Å². The van der Waals surface area contributed by atoms with Gasteiger partial charge >= 0.3 is 0 Å². The van der Waals surface area contributed by atoms with Crippen LogP contribution in [0.25, 0.3) is 0 Å². The minimum absolute atomic E-state index is 0.00757. The lowest BCUT2D eigenvalue weighted by Gasteiger charge is -2.33. The van der Waals surface area contributed by atoms with Gasteiger partial charge in [-0.15, -0.1) is 0 Å². The summed E-state index contributed by atoms with van der Waals surface area (Å²) in [7, 11) is 0. The maximum absolute atomic E-state index is 14.1. The molecule has 3 aliphatic rings. The van der Waals surface area contributed by atoms with Crippen molar-refractivity contribution in [3.8, 4) is 5.75 Å². The van der Waals surface area contributed by atoms with Crippen LogP contribution >= 0.6 is 0 Å². The molecule has 0 unspecified atom stereocenters. The molecular weight excluding hydrogens is 474 g/mol. The molecule has 2 aromatic carbocycles. The Labute approximate surface area is 216 Å². The van der Waals surface area contributed by atoms with Crippen molar-refractivity contribution in [3.63, 3.8) is 0 Å². The second-order valence-electron chi connectivity index (χ2n) is 9.65. The Hall–Kier alpha value is -3.43. The first-order chi connectivity index (χ1) is 18.0. The topological polar surface area (TPSA) is 101 Å². The lowest BCUT2D eigenvalue weighted by Crippen LogP contribution is -2.55. The molecule has 2 amide bonds. The second-order valence-corrected chi connectivity index (χ2v) is 9.65. The van der Waals surface area contributed by atoms with Gasteiger partial charge in [0.15, 0.2) is 5.54 Å². The molecule has 1 saturated heterocycles. The highest BCUT2D eigenvalue weighted by Gasteiger charge is 2.53. The van der Waals surface area contributed by atoms with E-state index in [0.717, 1.165) is 16.7 Å². The number of fused-ring (bicyclic) bond motifs is 1. The van der Waals surface area contributed by atoms with Crippen molar-refractivity contribution in [3.05, 3.63) is 65.2 Å². The summed E-state index contributed by atoms with van der Waals surface area (Å²) in [5, 5.41) is 8.94. The molecule has 5 rings (SSSR count). The average Bonchev–Trinajstić information content (AvgIpc) is 3.20. The van der Waals surface area contributed by atoms with Crippen LogP contribution in [0.5, 0.6) is 5.75 Å². The molecule has 1 spiro atoms. The summed E-state index contributed by atoms with van der Waals surface area (Å²) in [4.78, 5) is 35.6. The van der Waals surface area contributed by atoms with Gasteiger partial charge in [-0.05, 0) is 42.3 Å². The Morgan fingerprint density at radius 2 is 1.86 bits per heavy atom. The summed E-state index contributed by atoms with van der Waals surface area (Å²) in [6.07, 6.45) is 0.450. The molecule has 1 fully saturated rings. The van der Waals surface area contributed by atoms with Crippen molar-refractivity contribution in [2.24, 2.45) is 4.99 Å². The zero-order valence-corrected chi connectivity index (χ0v) is 21.1. The van der Waals surface area contributed by atoms with Gasteiger partial charge in [0, 0.05) is 44.6 Å².